The molecule has 0 N–H and O–H groups in total. The van der Waals surface area contributed by atoms with E-state index in [2.05, 4.69) is 4.98 Å². The Labute approximate surface area is 130 Å². The Morgan fingerprint density at radius 3 is 2.81 bits per heavy atom. The van der Waals surface area contributed by atoms with Gasteiger partial charge in [0.05, 0.1) is 12.8 Å². The Hall–Kier alpha value is -1.79. The van der Waals surface area contributed by atoms with Gasteiger partial charge in [-0.25, -0.2) is 4.98 Å². The minimum absolute atomic E-state index is 0.0101. The molecule has 3 rings (SSSR count). The van der Waals surface area contributed by atoms with E-state index >= 15 is 0 Å². The number of ether oxygens (including phenoxy) is 1. The van der Waals surface area contributed by atoms with Gasteiger partial charge in [-0.3, -0.25) is 9.20 Å². The maximum atomic E-state index is 12.1. The van der Waals surface area contributed by atoms with Crippen LogP contribution in [-0.2, 0) is 5.75 Å². The number of thiazole rings is 1. The fourth-order valence-corrected chi connectivity index (χ4v) is 3.69. The SMILES string of the molecule is COc1ccc(SCc2cc(=O)n3c(C)csc3n2)cc1. The lowest BCUT2D eigenvalue weighted by molar-refractivity contribution is 0.414. The molecule has 2 aromatic heterocycles. The average molecular weight is 318 g/mol. The fraction of sp³-hybridized carbons (Fsp3) is 0.200. The van der Waals surface area contributed by atoms with Crippen LogP contribution in [0, 0.1) is 6.92 Å². The van der Waals surface area contributed by atoms with Gasteiger partial charge in [-0.1, -0.05) is 0 Å². The van der Waals surface area contributed by atoms with Crippen molar-refractivity contribution in [2.45, 2.75) is 17.6 Å². The number of aryl methyl sites for hydroxylation is 1. The number of thioether (sulfide) groups is 1. The smallest absolute Gasteiger partial charge is 0.258 e. The summed E-state index contributed by atoms with van der Waals surface area (Å²) in [5.74, 6) is 1.51. The number of fused-ring (bicyclic) bond motifs is 1. The monoisotopic (exact) mass is 318 g/mol. The van der Waals surface area contributed by atoms with Crippen molar-refractivity contribution in [2.24, 2.45) is 0 Å². The van der Waals surface area contributed by atoms with E-state index in [0.717, 1.165) is 27.0 Å². The standard InChI is InChI=1S/C15H14N2O2S2/c1-10-8-21-15-16-11(7-14(18)17(10)15)9-20-13-5-3-12(19-2)4-6-13/h3-8H,9H2,1-2H3. The van der Waals surface area contributed by atoms with E-state index in [1.807, 2.05) is 36.6 Å². The Morgan fingerprint density at radius 2 is 2.10 bits per heavy atom. The second-order valence-corrected chi connectivity index (χ2v) is 6.43. The molecule has 1 aromatic carbocycles. The zero-order valence-electron chi connectivity index (χ0n) is 11.7. The Balaban J connectivity index is 1.80. The summed E-state index contributed by atoms with van der Waals surface area (Å²) in [4.78, 5) is 18.5. The molecule has 6 heteroatoms. The fourth-order valence-electron chi connectivity index (χ4n) is 2.00. The maximum Gasteiger partial charge on any atom is 0.258 e. The van der Waals surface area contributed by atoms with Gasteiger partial charge in [-0.15, -0.1) is 23.1 Å². The molecule has 0 amide bonds. The van der Waals surface area contributed by atoms with Crippen LogP contribution in [0.3, 0.4) is 0 Å². The third-order valence-corrected chi connectivity index (χ3v) is 5.06. The Bertz CT molecular complexity index is 822. The first kappa shape index (κ1) is 14.2. The zero-order chi connectivity index (χ0) is 14.8. The first-order valence-corrected chi connectivity index (χ1v) is 8.27. The molecule has 0 radical (unpaired) electrons. The number of aromatic nitrogens is 2. The van der Waals surface area contributed by atoms with E-state index < -0.39 is 0 Å². The second kappa shape index (κ2) is 5.91. The van der Waals surface area contributed by atoms with Crippen LogP contribution in [0.15, 0.2) is 45.4 Å². The highest BCUT2D eigenvalue weighted by Crippen LogP contribution is 2.24. The van der Waals surface area contributed by atoms with Crippen molar-refractivity contribution >= 4 is 28.1 Å². The minimum Gasteiger partial charge on any atom is -0.497 e. The van der Waals surface area contributed by atoms with Gasteiger partial charge >= 0.3 is 0 Å². The lowest BCUT2D eigenvalue weighted by Gasteiger charge is -2.04. The molecule has 0 saturated heterocycles. The third kappa shape index (κ3) is 2.96. The zero-order valence-corrected chi connectivity index (χ0v) is 13.3. The number of hydrogen-bond acceptors (Lipinski definition) is 5. The quantitative estimate of drug-likeness (QED) is 0.692. The van der Waals surface area contributed by atoms with Crippen molar-refractivity contribution in [1.29, 1.82) is 0 Å². The van der Waals surface area contributed by atoms with Gasteiger partial charge in [-0.05, 0) is 31.2 Å². The molecule has 0 spiro atoms. The molecule has 3 aromatic rings. The van der Waals surface area contributed by atoms with Gasteiger partial charge in [-0.2, -0.15) is 0 Å². The number of nitrogens with zero attached hydrogens (tertiary/aromatic N) is 2. The number of benzene rings is 1. The summed E-state index contributed by atoms with van der Waals surface area (Å²) < 4.78 is 6.78. The van der Waals surface area contributed by atoms with Gasteiger partial charge in [0.2, 0.25) is 0 Å². The minimum atomic E-state index is -0.0101. The molecule has 0 saturated carbocycles. The Kier molecular flexibility index (Phi) is 3.98. The molecular formula is C15H14N2O2S2. The molecule has 0 aliphatic carbocycles. The van der Waals surface area contributed by atoms with E-state index in [0.29, 0.717) is 5.75 Å². The first-order valence-electron chi connectivity index (χ1n) is 6.41. The number of methoxy groups -OCH3 is 1. The van der Waals surface area contributed by atoms with Crippen LogP contribution in [0.4, 0.5) is 0 Å². The van der Waals surface area contributed by atoms with Crippen LogP contribution in [0.1, 0.15) is 11.4 Å². The highest BCUT2D eigenvalue weighted by molar-refractivity contribution is 7.98. The van der Waals surface area contributed by atoms with E-state index in [1.165, 1.54) is 11.3 Å². The van der Waals surface area contributed by atoms with Gasteiger partial charge in [0.25, 0.3) is 5.56 Å². The van der Waals surface area contributed by atoms with Crippen molar-refractivity contribution in [1.82, 2.24) is 9.38 Å². The Morgan fingerprint density at radius 1 is 1.33 bits per heavy atom. The summed E-state index contributed by atoms with van der Waals surface area (Å²) in [5.41, 5.74) is 1.73. The highest BCUT2D eigenvalue weighted by Gasteiger charge is 2.07. The molecule has 21 heavy (non-hydrogen) atoms. The van der Waals surface area contributed by atoms with Gasteiger partial charge in [0.1, 0.15) is 5.75 Å². The van der Waals surface area contributed by atoms with Crippen LogP contribution in [0.2, 0.25) is 0 Å². The molecule has 0 bridgehead atoms. The number of rotatable bonds is 4. The van der Waals surface area contributed by atoms with Crippen LogP contribution >= 0.6 is 23.1 Å². The molecular weight excluding hydrogens is 304 g/mol. The first-order chi connectivity index (χ1) is 10.2. The third-order valence-electron chi connectivity index (χ3n) is 3.07. The van der Waals surface area contributed by atoms with Crippen molar-refractivity contribution in [3.63, 3.8) is 0 Å². The van der Waals surface area contributed by atoms with Gasteiger partial charge < -0.3 is 4.74 Å². The lowest BCUT2D eigenvalue weighted by atomic mass is 10.3. The molecule has 0 aliphatic heterocycles. The molecule has 2 heterocycles. The van der Waals surface area contributed by atoms with E-state index in [4.69, 9.17) is 4.74 Å². The van der Waals surface area contributed by atoms with Crippen LogP contribution in [0.5, 0.6) is 5.75 Å². The summed E-state index contributed by atoms with van der Waals surface area (Å²) in [6, 6.07) is 9.48. The molecule has 0 fully saturated rings. The summed E-state index contributed by atoms with van der Waals surface area (Å²) in [6.45, 7) is 1.92. The molecule has 108 valence electrons. The van der Waals surface area contributed by atoms with E-state index in [-0.39, 0.29) is 5.56 Å². The summed E-state index contributed by atoms with van der Waals surface area (Å²) >= 11 is 3.15. The molecule has 0 unspecified atom stereocenters. The van der Waals surface area contributed by atoms with Crippen molar-refractivity contribution in [3.8, 4) is 5.75 Å². The van der Waals surface area contributed by atoms with Crippen molar-refractivity contribution in [3.05, 3.63) is 57.5 Å². The normalized spacial score (nSPS) is 11.0. The average Bonchev–Trinajstić information content (AvgIpc) is 2.87. The van der Waals surface area contributed by atoms with E-state index in [9.17, 15) is 4.79 Å². The number of hydrogen-bond donors (Lipinski definition) is 0. The summed E-state index contributed by atoms with van der Waals surface area (Å²) in [5, 5.41) is 1.95. The van der Waals surface area contributed by atoms with Crippen molar-refractivity contribution in [2.75, 3.05) is 7.11 Å². The predicted octanol–water partition coefficient (Wildman–Crippen LogP) is 3.37. The van der Waals surface area contributed by atoms with Gasteiger partial charge in [0, 0.05) is 27.8 Å². The van der Waals surface area contributed by atoms with E-state index in [1.54, 1.807) is 29.3 Å². The van der Waals surface area contributed by atoms with Crippen LogP contribution < -0.4 is 10.3 Å². The summed E-state index contributed by atoms with van der Waals surface area (Å²) in [6.07, 6.45) is 0. The second-order valence-electron chi connectivity index (χ2n) is 4.54. The molecule has 0 aliphatic rings. The van der Waals surface area contributed by atoms with Crippen LogP contribution in [-0.4, -0.2) is 16.5 Å². The van der Waals surface area contributed by atoms with Crippen molar-refractivity contribution < 1.29 is 4.74 Å². The largest absolute Gasteiger partial charge is 0.497 e. The highest BCUT2D eigenvalue weighted by atomic mass is 32.2. The lowest BCUT2D eigenvalue weighted by Crippen LogP contribution is -2.14. The summed E-state index contributed by atoms with van der Waals surface area (Å²) in [7, 11) is 1.65. The van der Waals surface area contributed by atoms with Gasteiger partial charge in [0.15, 0.2) is 4.96 Å². The van der Waals surface area contributed by atoms with Crippen LogP contribution in [0.25, 0.3) is 4.96 Å². The predicted molar refractivity (Wildman–Crippen MR) is 86.6 cm³/mol. The molecule has 0 atom stereocenters. The molecule has 4 nitrogen and oxygen atoms in total. The topological polar surface area (TPSA) is 43.6 Å². The maximum absolute atomic E-state index is 12.1.